The fraction of sp³-hybridized carbons (Fsp3) is 0.400. The Morgan fingerprint density at radius 1 is 1.12 bits per heavy atom. The molecule has 1 atom stereocenters. The second-order valence-corrected chi connectivity index (χ2v) is 6.91. The molecule has 0 bridgehead atoms. The smallest absolute Gasteiger partial charge is 0.246 e. The second-order valence-electron chi connectivity index (χ2n) is 6.91. The maximum Gasteiger partial charge on any atom is 0.246 e. The van der Waals surface area contributed by atoms with Gasteiger partial charge in [0.05, 0.1) is 6.04 Å². The number of anilines is 1. The number of hydrazone groups is 1. The van der Waals surface area contributed by atoms with Crippen LogP contribution in [0.1, 0.15) is 36.6 Å². The molecule has 134 valence electrons. The zero-order chi connectivity index (χ0) is 17.9. The lowest BCUT2D eigenvalue weighted by Gasteiger charge is -2.34. The van der Waals surface area contributed by atoms with Crippen molar-refractivity contribution in [1.82, 2.24) is 15.0 Å². The van der Waals surface area contributed by atoms with Gasteiger partial charge >= 0.3 is 0 Å². The number of piperidine rings is 1. The molecule has 6 heteroatoms. The second kappa shape index (κ2) is 7.23. The Bertz CT molecular complexity index is 782. The van der Waals surface area contributed by atoms with Gasteiger partial charge in [-0.25, -0.2) is 9.99 Å². The van der Waals surface area contributed by atoms with E-state index in [9.17, 15) is 4.79 Å². The SMILES string of the molecule is Cc1ccc(C2CC=NN2C(=O)C2CCN(c3ccccn3)CC2)cn1. The van der Waals surface area contributed by atoms with Gasteiger partial charge in [-0.05, 0) is 43.5 Å². The van der Waals surface area contributed by atoms with E-state index >= 15 is 0 Å². The highest BCUT2D eigenvalue weighted by atomic mass is 16.2. The van der Waals surface area contributed by atoms with Crippen molar-refractivity contribution < 1.29 is 4.79 Å². The van der Waals surface area contributed by atoms with Crippen LogP contribution in [0.25, 0.3) is 0 Å². The van der Waals surface area contributed by atoms with Crippen molar-refractivity contribution in [2.24, 2.45) is 11.0 Å². The Morgan fingerprint density at radius 2 is 1.96 bits per heavy atom. The predicted octanol–water partition coefficient (Wildman–Crippen LogP) is 2.96. The highest BCUT2D eigenvalue weighted by Gasteiger charge is 2.34. The van der Waals surface area contributed by atoms with Crippen LogP contribution in [0.3, 0.4) is 0 Å². The Hall–Kier alpha value is -2.76. The summed E-state index contributed by atoms with van der Waals surface area (Å²) in [5, 5.41) is 6.05. The van der Waals surface area contributed by atoms with E-state index in [2.05, 4.69) is 20.0 Å². The van der Waals surface area contributed by atoms with Crippen molar-refractivity contribution in [3.63, 3.8) is 0 Å². The molecule has 2 aliphatic rings. The van der Waals surface area contributed by atoms with Gasteiger partial charge in [-0.2, -0.15) is 5.10 Å². The maximum atomic E-state index is 13.1. The molecule has 0 saturated carbocycles. The third-order valence-electron chi connectivity index (χ3n) is 5.19. The van der Waals surface area contributed by atoms with Crippen LogP contribution in [0.2, 0.25) is 0 Å². The number of carbonyl (C=O) groups is 1. The number of carbonyl (C=O) groups excluding carboxylic acids is 1. The molecular weight excluding hydrogens is 326 g/mol. The van der Waals surface area contributed by atoms with Gasteiger partial charge in [0.2, 0.25) is 5.91 Å². The fourth-order valence-corrected chi connectivity index (χ4v) is 3.66. The van der Waals surface area contributed by atoms with E-state index in [1.807, 2.05) is 55.9 Å². The van der Waals surface area contributed by atoms with Gasteiger partial charge in [0.1, 0.15) is 5.82 Å². The van der Waals surface area contributed by atoms with E-state index < -0.39 is 0 Å². The minimum atomic E-state index is -0.0237. The van der Waals surface area contributed by atoms with Crippen LogP contribution >= 0.6 is 0 Å². The lowest BCUT2D eigenvalue weighted by atomic mass is 9.94. The van der Waals surface area contributed by atoms with Gasteiger partial charge in [0.15, 0.2) is 0 Å². The topological polar surface area (TPSA) is 61.7 Å². The van der Waals surface area contributed by atoms with Crippen LogP contribution in [0.5, 0.6) is 0 Å². The van der Waals surface area contributed by atoms with Crippen molar-refractivity contribution in [3.05, 3.63) is 54.0 Å². The van der Waals surface area contributed by atoms with Gasteiger partial charge in [-0.15, -0.1) is 0 Å². The number of aryl methyl sites for hydroxylation is 1. The lowest BCUT2D eigenvalue weighted by molar-refractivity contribution is -0.138. The first kappa shape index (κ1) is 16.7. The van der Waals surface area contributed by atoms with Crippen molar-refractivity contribution in [1.29, 1.82) is 0 Å². The van der Waals surface area contributed by atoms with E-state index in [0.717, 1.165) is 49.4 Å². The van der Waals surface area contributed by atoms with E-state index in [4.69, 9.17) is 0 Å². The first-order chi connectivity index (χ1) is 12.7. The molecule has 4 rings (SSSR count). The van der Waals surface area contributed by atoms with Crippen molar-refractivity contribution in [2.45, 2.75) is 32.2 Å². The maximum absolute atomic E-state index is 13.1. The van der Waals surface area contributed by atoms with E-state index in [-0.39, 0.29) is 17.9 Å². The Kier molecular flexibility index (Phi) is 4.65. The Balaban J connectivity index is 1.41. The monoisotopic (exact) mass is 349 g/mol. The number of rotatable bonds is 3. The highest BCUT2D eigenvalue weighted by Crippen LogP contribution is 2.32. The summed E-state index contributed by atoms with van der Waals surface area (Å²) >= 11 is 0. The average Bonchev–Trinajstić information content (AvgIpc) is 3.19. The van der Waals surface area contributed by atoms with E-state index in [1.165, 1.54) is 0 Å². The summed E-state index contributed by atoms with van der Waals surface area (Å²) < 4.78 is 0. The van der Waals surface area contributed by atoms with Gasteiger partial charge in [0.25, 0.3) is 0 Å². The molecule has 0 N–H and O–H groups in total. The van der Waals surface area contributed by atoms with E-state index in [0.29, 0.717) is 0 Å². The third-order valence-corrected chi connectivity index (χ3v) is 5.19. The van der Waals surface area contributed by atoms with Gasteiger partial charge < -0.3 is 4.90 Å². The average molecular weight is 349 g/mol. The van der Waals surface area contributed by atoms with Crippen LogP contribution < -0.4 is 4.90 Å². The Morgan fingerprint density at radius 3 is 2.65 bits per heavy atom. The molecule has 4 heterocycles. The van der Waals surface area contributed by atoms with Gasteiger partial charge in [0, 0.05) is 49.7 Å². The summed E-state index contributed by atoms with van der Waals surface area (Å²) in [6.45, 7) is 3.66. The minimum absolute atomic E-state index is 0.0196. The number of hydrogen-bond acceptors (Lipinski definition) is 5. The number of hydrogen-bond donors (Lipinski definition) is 0. The first-order valence-electron chi connectivity index (χ1n) is 9.16. The molecular formula is C20H23N5O. The van der Waals surface area contributed by atoms with Crippen LogP contribution in [0.4, 0.5) is 5.82 Å². The van der Waals surface area contributed by atoms with Crippen LogP contribution in [-0.4, -0.2) is 40.2 Å². The lowest BCUT2D eigenvalue weighted by Crippen LogP contribution is -2.41. The highest BCUT2D eigenvalue weighted by molar-refractivity contribution is 5.82. The molecule has 2 aliphatic heterocycles. The molecule has 0 aromatic carbocycles. The number of pyridine rings is 2. The molecule has 0 aliphatic carbocycles. The molecule has 2 aromatic heterocycles. The Labute approximate surface area is 153 Å². The number of amides is 1. The largest absolute Gasteiger partial charge is 0.357 e. The summed E-state index contributed by atoms with van der Waals surface area (Å²) in [5.41, 5.74) is 2.03. The normalized spacial score (nSPS) is 20.6. The minimum Gasteiger partial charge on any atom is -0.357 e. The quantitative estimate of drug-likeness (QED) is 0.855. The van der Waals surface area contributed by atoms with Gasteiger partial charge in [-0.3, -0.25) is 9.78 Å². The summed E-state index contributed by atoms with van der Waals surface area (Å²) in [6.07, 6.45) is 7.93. The molecule has 0 radical (unpaired) electrons. The summed E-state index contributed by atoms with van der Waals surface area (Å²) in [7, 11) is 0. The van der Waals surface area contributed by atoms with E-state index in [1.54, 1.807) is 5.01 Å². The molecule has 26 heavy (non-hydrogen) atoms. The van der Waals surface area contributed by atoms with Crippen molar-refractivity contribution in [3.8, 4) is 0 Å². The molecule has 0 spiro atoms. The zero-order valence-electron chi connectivity index (χ0n) is 15.0. The number of aromatic nitrogens is 2. The molecule has 1 amide bonds. The molecule has 2 aromatic rings. The first-order valence-corrected chi connectivity index (χ1v) is 9.16. The number of nitrogens with zero attached hydrogens (tertiary/aromatic N) is 5. The molecule has 1 fully saturated rings. The molecule has 1 saturated heterocycles. The third kappa shape index (κ3) is 3.31. The summed E-state index contributed by atoms with van der Waals surface area (Å²) in [5.74, 6) is 1.14. The van der Waals surface area contributed by atoms with Crippen LogP contribution in [0.15, 0.2) is 47.8 Å². The van der Waals surface area contributed by atoms with Crippen LogP contribution in [-0.2, 0) is 4.79 Å². The predicted molar refractivity (Wildman–Crippen MR) is 101 cm³/mol. The van der Waals surface area contributed by atoms with Crippen LogP contribution in [0, 0.1) is 12.8 Å². The summed E-state index contributed by atoms with van der Waals surface area (Å²) in [6, 6.07) is 9.95. The zero-order valence-corrected chi connectivity index (χ0v) is 15.0. The standard InChI is InChI=1S/C20H23N5O/c1-15-5-6-17(14-22-15)18-7-11-23-25(18)20(26)16-8-12-24(13-9-16)19-4-2-3-10-21-19/h2-6,10-11,14,16,18H,7-9,12-13H2,1H3. The molecule has 1 unspecified atom stereocenters. The van der Waals surface area contributed by atoms with Crippen molar-refractivity contribution >= 4 is 17.9 Å². The van der Waals surface area contributed by atoms with Crippen molar-refractivity contribution in [2.75, 3.05) is 18.0 Å². The molecule has 6 nitrogen and oxygen atoms in total. The fourth-order valence-electron chi connectivity index (χ4n) is 3.66. The van der Waals surface area contributed by atoms with Gasteiger partial charge in [-0.1, -0.05) is 12.1 Å². The summed E-state index contributed by atoms with van der Waals surface area (Å²) in [4.78, 5) is 24.1.